The van der Waals surface area contributed by atoms with Gasteiger partial charge in [0.15, 0.2) is 0 Å². The Bertz CT molecular complexity index is 884. The zero-order chi connectivity index (χ0) is 17.6. The number of thiazole rings is 1. The summed E-state index contributed by atoms with van der Waals surface area (Å²) >= 11 is 1.50. The van der Waals surface area contributed by atoms with E-state index in [2.05, 4.69) is 15.5 Å². The maximum absolute atomic E-state index is 12.1. The summed E-state index contributed by atoms with van der Waals surface area (Å²) in [5.41, 5.74) is 6.35. The van der Waals surface area contributed by atoms with E-state index in [1.807, 2.05) is 43.5 Å². The average Bonchev–Trinajstić information content (AvgIpc) is 3.02. The largest absolute Gasteiger partial charge is 0.423 e. The molecule has 0 aliphatic rings. The Morgan fingerprint density at radius 2 is 1.84 bits per heavy atom. The standard InChI is InChI=1S/C19H17N3O2S/c1-13-3-7-16(8-4-13)18(23)24-17-9-5-15(6-10-17)11-20-22-19-21-14(2)12-25-19/h3-12H,1-2H3,(H,21,22). The molecular formula is C19H17N3O2S. The van der Waals surface area contributed by atoms with Crippen LogP contribution in [0.2, 0.25) is 0 Å². The lowest BCUT2D eigenvalue weighted by Gasteiger charge is -2.05. The molecule has 3 rings (SSSR count). The van der Waals surface area contributed by atoms with Gasteiger partial charge in [0.2, 0.25) is 5.13 Å². The smallest absolute Gasteiger partial charge is 0.343 e. The molecule has 3 aromatic rings. The number of hydrogen-bond acceptors (Lipinski definition) is 6. The fourth-order valence-electron chi connectivity index (χ4n) is 2.04. The lowest BCUT2D eigenvalue weighted by molar-refractivity contribution is 0.0735. The minimum atomic E-state index is -0.373. The van der Waals surface area contributed by atoms with Gasteiger partial charge in [-0.2, -0.15) is 5.10 Å². The summed E-state index contributed by atoms with van der Waals surface area (Å²) in [6, 6.07) is 14.4. The molecule has 0 saturated heterocycles. The predicted molar refractivity (Wildman–Crippen MR) is 101 cm³/mol. The molecule has 0 radical (unpaired) electrons. The lowest BCUT2D eigenvalue weighted by atomic mass is 10.1. The second-order valence-electron chi connectivity index (χ2n) is 5.49. The number of carbonyl (C=O) groups is 1. The topological polar surface area (TPSA) is 63.6 Å². The van der Waals surface area contributed by atoms with Crippen LogP contribution in [0.3, 0.4) is 0 Å². The molecule has 6 heteroatoms. The molecular weight excluding hydrogens is 334 g/mol. The number of nitrogens with one attached hydrogen (secondary N) is 1. The van der Waals surface area contributed by atoms with Gasteiger partial charge in [-0.3, -0.25) is 5.43 Å². The maximum Gasteiger partial charge on any atom is 0.343 e. The summed E-state index contributed by atoms with van der Waals surface area (Å²) in [6.07, 6.45) is 1.68. The van der Waals surface area contributed by atoms with Crippen molar-refractivity contribution in [2.45, 2.75) is 13.8 Å². The Kier molecular flexibility index (Phi) is 5.20. The van der Waals surface area contributed by atoms with Crippen molar-refractivity contribution in [3.8, 4) is 5.75 Å². The minimum Gasteiger partial charge on any atom is -0.423 e. The van der Waals surface area contributed by atoms with Crippen molar-refractivity contribution in [2.75, 3.05) is 5.43 Å². The molecule has 0 atom stereocenters. The van der Waals surface area contributed by atoms with Crippen LogP contribution in [-0.2, 0) is 0 Å². The van der Waals surface area contributed by atoms with Crippen molar-refractivity contribution in [3.05, 3.63) is 76.3 Å². The first kappa shape index (κ1) is 16.9. The van der Waals surface area contributed by atoms with Gasteiger partial charge in [-0.05, 0) is 55.8 Å². The molecule has 0 amide bonds. The normalized spacial score (nSPS) is 10.8. The highest BCUT2D eigenvalue weighted by atomic mass is 32.1. The summed E-state index contributed by atoms with van der Waals surface area (Å²) in [4.78, 5) is 16.3. The summed E-state index contributed by atoms with van der Waals surface area (Å²) in [5, 5.41) is 6.84. The number of benzene rings is 2. The van der Waals surface area contributed by atoms with Crippen LogP contribution in [0.15, 0.2) is 59.0 Å². The average molecular weight is 351 g/mol. The number of anilines is 1. The van der Waals surface area contributed by atoms with Crippen LogP contribution in [0.1, 0.15) is 27.2 Å². The molecule has 5 nitrogen and oxygen atoms in total. The molecule has 1 aromatic heterocycles. The van der Waals surface area contributed by atoms with Crippen molar-refractivity contribution >= 4 is 28.7 Å². The monoisotopic (exact) mass is 351 g/mol. The van der Waals surface area contributed by atoms with Crippen molar-refractivity contribution in [2.24, 2.45) is 5.10 Å². The van der Waals surface area contributed by atoms with Crippen molar-refractivity contribution in [1.82, 2.24) is 4.98 Å². The van der Waals surface area contributed by atoms with Crippen LogP contribution >= 0.6 is 11.3 Å². The molecule has 0 unspecified atom stereocenters. The molecule has 2 aromatic carbocycles. The van der Waals surface area contributed by atoms with Gasteiger partial charge in [0.25, 0.3) is 0 Å². The molecule has 126 valence electrons. The Labute approximate surface area is 150 Å². The van der Waals surface area contributed by atoms with Gasteiger partial charge in [-0.15, -0.1) is 11.3 Å². The first-order valence-electron chi connectivity index (χ1n) is 7.70. The van der Waals surface area contributed by atoms with Crippen LogP contribution < -0.4 is 10.2 Å². The van der Waals surface area contributed by atoms with E-state index >= 15 is 0 Å². The van der Waals surface area contributed by atoms with E-state index in [4.69, 9.17) is 4.74 Å². The van der Waals surface area contributed by atoms with Gasteiger partial charge in [-0.25, -0.2) is 9.78 Å². The molecule has 0 saturated carbocycles. The van der Waals surface area contributed by atoms with Crippen LogP contribution in [0.5, 0.6) is 5.75 Å². The second kappa shape index (κ2) is 7.72. The number of rotatable bonds is 5. The van der Waals surface area contributed by atoms with Gasteiger partial charge in [0, 0.05) is 5.38 Å². The Balaban J connectivity index is 1.58. The third-order valence-corrected chi connectivity index (χ3v) is 4.24. The van der Waals surface area contributed by atoms with E-state index in [1.165, 1.54) is 11.3 Å². The molecule has 1 N–H and O–H groups in total. The molecule has 0 spiro atoms. The third kappa shape index (κ3) is 4.74. The fourth-order valence-corrected chi connectivity index (χ4v) is 2.68. The lowest BCUT2D eigenvalue weighted by Crippen LogP contribution is -2.08. The number of aryl methyl sites for hydroxylation is 2. The van der Waals surface area contributed by atoms with E-state index in [1.54, 1.807) is 30.5 Å². The summed E-state index contributed by atoms with van der Waals surface area (Å²) in [7, 11) is 0. The zero-order valence-corrected chi connectivity index (χ0v) is 14.7. The minimum absolute atomic E-state index is 0.373. The molecule has 0 fully saturated rings. The predicted octanol–water partition coefficient (Wildman–Crippen LogP) is 4.43. The Morgan fingerprint density at radius 3 is 2.48 bits per heavy atom. The maximum atomic E-state index is 12.1. The molecule has 1 heterocycles. The highest BCUT2D eigenvalue weighted by molar-refractivity contribution is 7.13. The van der Waals surface area contributed by atoms with Gasteiger partial charge in [0.05, 0.1) is 17.5 Å². The first-order valence-corrected chi connectivity index (χ1v) is 8.58. The number of esters is 1. The van der Waals surface area contributed by atoms with Gasteiger partial charge in [-0.1, -0.05) is 17.7 Å². The fraction of sp³-hybridized carbons (Fsp3) is 0.105. The van der Waals surface area contributed by atoms with E-state index in [0.717, 1.165) is 22.0 Å². The van der Waals surface area contributed by atoms with Crippen molar-refractivity contribution in [1.29, 1.82) is 0 Å². The molecule has 0 aliphatic carbocycles. The first-order chi connectivity index (χ1) is 12.1. The number of hydrogen-bond donors (Lipinski definition) is 1. The molecule has 0 aliphatic heterocycles. The van der Waals surface area contributed by atoms with E-state index < -0.39 is 0 Å². The summed E-state index contributed by atoms with van der Waals surface area (Å²) in [6.45, 7) is 3.90. The number of carbonyl (C=O) groups excluding carboxylic acids is 1. The summed E-state index contributed by atoms with van der Waals surface area (Å²) < 4.78 is 5.36. The van der Waals surface area contributed by atoms with Crippen LogP contribution in [0.25, 0.3) is 0 Å². The third-order valence-electron chi connectivity index (χ3n) is 3.37. The SMILES string of the molecule is Cc1ccc(C(=O)Oc2ccc(C=NNc3nc(C)cs3)cc2)cc1. The zero-order valence-electron chi connectivity index (χ0n) is 13.9. The van der Waals surface area contributed by atoms with Gasteiger partial charge >= 0.3 is 5.97 Å². The summed E-state index contributed by atoms with van der Waals surface area (Å²) in [5.74, 6) is 0.119. The second-order valence-corrected chi connectivity index (χ2v) is 6.35. The molecule has 0 bridgehead atoms. The van der Waals surface area contributed by atoms with E-state index in [9.17, 15) is 4.79 Å². The van der Waals surface area contributed by atoms with Crippen molar-refractivity contribution < 1.29 is 9.53 Å². The number of ether oxygens (including phenoxy) is 1. The van der Waals surface area contributed by atoms with Crippen LogP contribution in [0, 0.1) is 13.8 Å². The Hall–Kier alpha value is -2.99. The number of aromatic nitrogens is 1. The van der Waals surface area contributed by atoms with Gasteiger partial charge in [0.1, 0.15) is 5.75 Å². The van der Waals surface area contributed by atoms with E-state index in [0.29, 0.717) is 11.3 Å². The van der Waals surface area contributed by atoms with Crippen LogP contribution in [0.4, 0.5) is 5.13 Å². The number of hydrazone groups is 1. The Morgan fingerprint density at radius 1 is 1.12 bits per heavy atom. The quantitative estimate of drug-likeness (QED) is 0.320. The van der Waals surface area contributed by atoms with E-state index in [-0.39, 0.29) is 5.97 Å². The van der Waals surface area contributed by atoms with Gasteiger partial charge < -0.3 is 4.74 Å². The highest BCUT2D eigenvalue weighted by Crippen LogP contribution is 2.15. The molecule has 25 heavy (non-hydrogen) atoms. The van der Waals surface area contributed by atoms with Crippen LogP contribution in [-0.4, -0.2) is 17.2 Å². The number of nitrogens with zero attached hydrogens (tertiary/aromatic N) is 2. The van der Waals surface area contributed by atoms with Crippen molar-refractivity contribution in [3.63, 3.8) is 0 Å². The highest BCUT2D eigenvalue weighted by Gasteiger charge is 2.07.